The minimum Gasteiger partial charge on any atom is -0.490 e. The molecule has 0 aliphatic heterocycles. The van der Waals surface area contributed by atoms with Crippen LogP contribution in [0.3, 0.4) is 0 Å². The van der Waals surface area contributed by atoms with E-state index in [0.717, 1.165) is 18.6 Å². The molecule has 0 radical (unpaired) electrons. The summed E-state index contributed by atoms with van der Waals surface area (Å²) in [7, 11) is 0. The molecule has 0 unspecified atom stereocenters. The van der Waals surface area contributed by atoms with E-state index < -0.39 is 0 Å². The van der Waals surface area contributed by atoms with Gasteiger partial charge in [0, 0.05) is 5.56 Å². The van der Waals surface area contributed by atoms with Gasteiger partial charge in [0.25, 0.3) is 0 Å². The van der Waals surface area contributed by atoms with Crippen molar-refractivity contribution in [3.8, 4) is 11.5 Å². The molecule has 1 saturated carbocycles. The Labute approximate surface area is 120 Å². The highest BCUT2D eigenvalue weighted by molar-refractivity contribution is 5.95. The smallest absolute Gasteiger partial charge is 0.161 e. The van der Waals surface area contributed by atoms with Crippen LogP contribution < -0.4 is 15.2 Å². The Hall–Kier alpha value is -1.71. The van der Waals surface area contributed by atoms with Crippen LogP contribution >= 0.6 is 0 Å². The first-order chi connectivity index (χ1) is 9.70. The van der Waals surface area contributed by atoms with Crippen molar-refractivity contribution < 1.29 is 9.47 Å². The van der Waals surface area contributed by atoms with E-state index in [1.807, 2.05) is 19.1 Å². The van der Waals surface area contributed by atoms with Crippen LogP contribution in [0.2, 0.25) is 0 Å². The van der Waals surface area contributed by atoms with Gasteiger partial charge in [0.05, 0.1) is 12.7 Å². The molecule has 1 aliphatic carbocycles. The summed E-state index contributed by atoms with van der Waals surface area (Å²) in [5.41, 5.74) is 6.19. The lowest BCUT2D eigenvalue weighted by Gasteiger charge is -2.19. The van der Waals surface area contributed by atoms with Crippen molar-refractivity contribution in [3.63, 3.8) is 0 Å². The molecule has 20 heavy (non-hydrogen) atoms. The van der Waals surface area contributed by atoms with E-state index >= 15 is 0 Å². The van der Waals surface area contributed by atoms with Gasteiger partial charge in [-0.1, -0.05) is 12.8 Å². The van der Waals surface area contributed by atoms with Crippen LogP contribution in [0.5, 0.6) is 11.5 Å². The van der Waals surface area contributed by atoms with Crippen molar-refractivity contribution in [2.45, 2.75) is 51.6 Å². The first kappa shape index (κ1) is 14.7. The number of amidine groups is 1. The van der Waals surface area contributed by atoms with Crippen LogP contribution in [0.4, 0.5) is 0 Å². The molecule has 1 aliphatic rings. The number of nitrogens with two attached hydrogens (primary N) is 1. The summed E-state index contributed by atoms with van der Waals surface area (Å²) in [5.74, 6) is 1.50. The third kappa shape index (κ3) is 3.89. The van der Waals surface area contributed by atoms with Crippen LogP contribution in [-0.4, -0.2) is 18.5 Å². The number of rotatable bonds is 5. The van der Waals surface area contributed by atoms with E-state index in [0.29, 0.717) is 17.9 Å². The lowest BCUT2D eigenvalue weighted by atomic mass is 10.1. The molecule has 1 fully saturated rings. The molecule has 110 valence electrons. The summed E-state index contributed by atoms with van der Waals surface area (Å²) in [6, 6.07) is 5.47. The Bertz CT molecular complexity index is 452. The van der Waals surface area contributed by atoms with Crippen molar-refractivity contribution in [2.75, 3.05) is 6.61 Å². The molecule has 3 N–H and O–H groups in total. The van der Waals surface area contributed by atoms with Gasteiger partial charge in [-0.25, -0.2) is 0 Å². The van der Waals surface area contributed by atoms with Crippen molar-refractivity contribution in [1.82, 2.24) is 0 Å². The number of hydrogen-bond acceptors (Lipinski definition) is 3. The van der Waals surface area contributed by atoms with Gasteiger partial charge in [-0.15, -0.1) is 0 Å². The number of benzene rings is 1. The summed E-state index contributed by atoms with van der Waals surface area (Å²) in [6.45, 7) is 2.51. The van der Waals surface area contributed by atoms with Crippen LogP contribution in [0.15, 0.2) is 18.2 Å². The van der Waals surface area contributed by atoms with E-state index in [9.17, 15) is 0 Å². The molecule has 0 heterocycles. The highest BCUT2D eigenvalue weighted by atomic mass is 16.5. The maximum Gasteiger partial charge on any atom is 0.161 e. The van der Waals surface area contributed by atoms with Gasteiger partial charge in [-0.3, -0.25) is 5.41 Å². The Morgan fingerprint density at radius 3 is 2.50 bits per heavy atom. The topological polar surface area (TPSA) is 68.3 Å². The van der Waals surface area contributed by atoms with E-state index in [1.165, 1.54) is 25.7 Å². The fourth-order valence-corrected chi connectivity index (χ4v) is 2.58. The van der Waals surface area contributed by atoms with Crippen LogP contribution in [0, 0.1) is 5.41 Å². The lowest BCUT2D eigenvalue weighted by molar-refractivity contribution is 0.174. The van der Waals surface area contributed by atoms with Gasteiger partial charge in [-0.05, 0) is 50.8 Å². The van der Waals surface area contributed by atoms with Crippen molar-refractivity contribution in [3.05, 3.63) is 23.8 Å². The van der Waals surface area contributed by atoms with Crippen LogP contribution in [0.1, 0.15) is 51.0 Å². The van der Waals surface area contributed by atoms with Gasteiger partial charge in [0.15, 0.2) is 11.5 Å². The highest BCUT2D eigenvalue weighted by Gasteiger charge is 2.16. The van der Waals surface area contributed by atoms with Gasteiger partial charge in [0.1, 0.15) is 5.84 Å². The van der Waals surface area contributed by atoms with Gasteiger partial charge >= 0.3 is 0 Å². The second-order valence-electron chi connectivity index (χ2n) is 5.24. The Kier molecular flexibility index (Phi) is 5.27. The number of nitrogen functional groups attached to an aromatic ring is 1. The standard InChI is InChI=1S/C16H24N2O2/c1-2-19-15-11-12(16(17)18)9-10-14(15)20-13-7-5-3-4-6-8-13/h9-11,13H,2-8H2,1H3,(H3,17,18). The Morgan fingerprint density at radius 2 is 1.90 bits per heavy atom. The molecule has 1 aromatic rings. The SMILES string of the molecule is CCOc1cc(C(=N)N)ccc1OC1CCCCCC1. The summed E-state index contributed by atoms with van der Waals surface area (Å²) in [6.07, 6.45) is 7.59. The molecule has 1 aromatic carbocycles. The number of ether oxygens (including phenoxy) is 2. The molecule has 0 spiro atoms. The molecule has 0 amide bonds. The molecular weight excluding hydrogens is 252 g/mol. The normalized spacial score (nSPS) is 16.4. The monoisotopic (exact) mass is 276 g/mol. The average Bonchev–Trinajstić information content (AvgIpc) is 2.69. The van der Waals surface area contributed by atoms with Crippen molar-refractivity contribution in [1.29, 1.82) is 5.41 Å². The lowest BCUT2D eigenvalue weighted by Crippen LogP contribution is -2.16. The molecule has 0 saturated heterocycles. The number of nitrogens with one attached hydrogen (secondary N) is 1. The second kappa shape index (κ2) is 7.17. The molecule has 0 bridgehead atoms. The second-order valence-corrected chi connectivity index (χ2v) is 5.24. The summed E-state index contributed by atoms with van der Waals surface area (Å²) in [5, 5.41) is 7.50. The molecular formula is C16H24N2O2. The molecule has 2 rings (SSSR count). The van der Waals surface area contributed by atoms with Gasteiger partial charge in [-0.2, -0.15) is 0 Å². The summed E-state index contributed by atoms with van der Waals surface area (Å²) in [4.78, 5) is 0. The fraction of sp³-hybridized carbons (Fsp3) is 0.562. The predicted octanol–water partition coefficient (Wildman–Crippen LogP) is 3.47. The minimum atomic E-state index is 0.0481. The molecule has 0 atom stereocenters. The van der Waals surface area contributed by atoms with Crippen LogP contribution in [0.25, 0.3) is 0 Å². The van der Waals surface area contributed by atoms with E-state index in [2.05, 4.69) is 0 Å². The largest absolute Gasteiger partial charge is 0.490 e. The van der Waals surface area contributed by atoms with E-state index in [1.54, 1.807) is 6.07 Å². The van der Waals surface area contributed by atoms with E-state index in [4.69, 9.17) is 20.6 Å². The molecule has 0 aromatic heterocycles. The first-order valence-electron chi connectivity index (χ1n) is 7.48. The molecule has 4 nitrogen and oxygen atoms in total. The third-order valence-corrected chi connectivity index (χ3v) is 3.65. The van der Waals surface area contributed by atoms with E-state index in [-0.39, 0.29) is 11.9 Å². The summed E-state index contributed by atoms with van der Waals surface area (Å²) < 4.78 is 11.7. The Morgan fingerprint density at radius 1 is 1.20 bits per heavy atom. The quantitative estimate of drug-likeness (QED) is 0.491. The minimum absolute atomic E-state index is 0.0481. The zero-order valence-electron chi connectivity index (χ0n) is 12.2. The highest BCUT2D eigenvalue weighted by Crippen LogP contribution is 2.31. The van der Waals surface area contributed by atoms with Gasteiger partial charge < -0.3 is 15.2 Å². The fourth-order valence-electron chi connectivity index (χ4n) is 2.58. The van der Waals surface area contributed by atoms with Crippen molar-refractivity contribution >= 4 is 5.84 Å². The third-order valence-electron chi connectivity index (χ3n) is 3.65. The zero-order valence-corrected chi connectivity index (χ0v) is 12.2. The average molecular weight is 276 g/mol. The Balaban J connectivity index is 2.14. The first-order valence-corrected chi connectivity index (χ1v) is 7.48. The van der Waals surface area contributed by atoms with Crippen LogP contribution in [-0.2, 0) is 0 Å². The predicted molar refractivity (Wildman–Crippen MR) is 80.7 cm³/mol. The zero-order chi connectivity index (χ0) is 14.4. The summed E-state index contributed by atoms with van der Waals surface area (Å²) >= 11 is 0. The van der Waals surface area contributed by atoms with Crippen molar-refractivity contribution in [2.24, 2.45) is 5.73 Å². The van der Waals surface area contributed by atoms with Gasteiger partial charge in [0.2, 0.25) is 0 Å². The maximum atomic E-state index is 7.50. The maximum absolute atomic E-state index is 7.50. The molecule has 4 heteroatoms. The number of hydrogen-bond donors (Lipinski definition) is 2.